The molecule has 7 heteroatoms. The molecule has 0 aliphatic carbocycles. The molecule has 2 rings (SSSR count). The summed E-state index contributed by atoms with van der Waals surface area (Å²) in [5, 5.41) is 0. The highest BCUT2D eigenvalue weighted by atomic mass is 16.5. The Morgan fingerprint density at radius 3 is 3.07 bits per heavy atom. The van der Waals surface area contributed by atoms with Crippen LogP contribution in [-0.4, -0.2) is 33.1 Å². The van der Waals surface area contributed by atoms with Crippen molar-refractivity contribution in [2.24, 2.45) is 5.73 Å². The van der Waals surface area contributed by atoms with Crippen LogP contribution in [0.5, 0.6) is 5.88 Å². The maximum atomic E-state index is 5.47. The summed E-state index contributed by atoms with van der Waals surface area (Å²) < 4.78 is 5.28. The maximum Gasteiger partial charge on any atom is 0.245 e. The summed E-state index contributed by atoms with van der Waals surface area (Å²) >= 11 is 0. The highest BCUT2D eigenvalue weighted by molar-refractivity contribution is 5.76. The minimum atomic E-state index is 0.136. The van der Waals surface area contributed by atoms with Crippen molar-refractivity contribution in [1.29, 1.82) is 0 Å². The minimum Gasteiger partial charge on any atom is -0.475 e. The van der Waals surface area contributed by atoms with E-state index in [1.807, 2.05) is 0 Å². The van der Waals surface area contributed by atoms with Crippen LogP contribution in [0.25, 0.3) is 11.2 Å². The zero-order valence-corrected chi connectivity index (χ0v) is 7.40. The van der Waals surface area contributed by atoms with Gasteiger partial charge in [-0.25, -0.2) is 4.98 Å². The van der Waals surface area contributed by atoms with Crippen LogP contribution in [-0.2, 0) is 0 Å². The fraction of sp³-hybridized carbons (Fsp3) is 0.286. The summed E-state index contributed by atoms with van der Waals surface area (Å²) in [6.45, 7) is 0.796. The van der Waals surface area contributed by atoms with E-state index in [1.165, 1.54) is 6.33 Å². The largest absolute Gasteiger partial charge is 0.475 e. The van der Waals surface area contributed by atoms with Crippen molar-refractivity contribution in [2.75, 3.05) is 18.9 Å². The first kappa shape index (κ1) is 8.70. The third kappa shape index (κ3) is 1.44. The molecule has 0 spiro atoms. The summed E-state index contributed by atoms with van der Waals surface area (Å²) in [6, 6.07) is 0. The number of ether oxygens (including phenoxy) is 1. The molecule has 0 amide bonds. The maximum absolute atomic E-state index is 5.47. The van der Waals surface area contributed by atoms with Gasteiger partial charge in [-0.2, -0.15) is 9.97 Å². The molecule has 0 bridgehead atoms. The van der Waals surface area contributed by atoms with E-state index >= 15 is 0 Å². The Bertz CT molecular complexity index is 439. The van der Waals surface area contributed by atoms with Crippen LogP contribution in [0.4, 0.5) is 5.95 Å². The second-order valence-electron chi connectivity index (χ2n) is 2.63. The number of aromatic nitrogens is 4. The first-order chi connectivity index (χ1) is 6.81. The number of imidazole rings is 1. The van der Waals surface area contributed by atoms with E-state index in [0.717, 1.165) is 0 Å². The normalized spacial score (nSPS) is 10.6. The van der Waals surface area contributed by atoms with Gasteiger partial charge in [0.05, 0.1) is 6.33 Å². The lowest BCUT2D eigenvalue weighted by molar-refractivity contribution is 0.319. The van der Waals surface area contributed by atoms with Crippen molar-refractivity contribution >= 4 is 17.1 Å². The van der Waals surface area contributed by atoms with E-state index < -0.39 is 0 Å². The van der Waals surface area contributed by atoms with Gasteiger partial charge in [0.25, 0.3) is 0 Å². The number of nitrogen functional groups attached to an aromatic ring is 1. The van der Waals surface area contributed by atoms with Crippen molar-refractivity contribution in [3.8, 4) is 5.88 Å². The van der Waals surface area contributed by atoms with E-state index in [2.05, 4.69) is 19.9 Å². The van der Waals surface area contributed by atoms with Crippen molar-refractivity contribution in [3.63, 3.8) is 0 Å². The molecule has 14 heavy (non-hydrogen) atoms. The molecule has 0 fully saturated rings. The Balaban J connectivity index is 2.44. The zero-order chi connectivity index (χ0) is 9.97. The van der Waals surface area contributed by atoms with Crippen molar-refractivity contribution in [3.05, 3.63) is 6.33 Å². The second-order valence-corrected chi connectivity index (χ2v) is 2.63. The van der Waals surface area contributed by atoms with Gasteiger partial charge in [-0.1, -0.05) is 0 Å². The summed E-state index contributed by atoms with van der Waals surface area (Å²) in [4.78, 5) is 14.7. The molecule has 7 nitrogen and oxygen atoms in total. The molecule has 0 radical (unpaired) electrons. The third-order valence-corrected chi connectivity index (χ3v) is 1.63. The van der Waals surface area contributed by atoms with Crippen LogP contribution < -0.4 is 16.2 Å². The van der Waals surface area contributed by atoms with Crippen LogP contribution in [0.1, 0.15) is 0 Å². The molecule has 2 aromatic rings. The number of rotatable bonds is 3. The van der Waals surface area contributed by atoms with Crippen LogP contribution in [0.15, 0.2) is 6.33 Å². The molecule has 2 heterocycles. The van der Waals surface area contributed by atoms with Crippen LogP contribution in [0.3, 0.4) is 0 Å². The molecule has 0 aromatic carbocycles. The second kappa shape index (κ2) is 3.46. The fourth-order valence-corrected chi connectivity index (χ4v) is 1.08. The molecule has 2 aromatic heterocycles. The number of aromatic amines is 1. The Hall–Kier alpha value is -1.89. The van der Waals surface area contributed by atoms with Gasteiger partial charge in [0, 0.05) is 6.54 Å². The number of hydrogen-bond donors (Lipinski definition) is 3. The minimum absolute atomic E-state index is 0.136. The molecule has 0 saturated heterocycles. The van der Waals surface area contributed by atoms with Crippen molar-refractivity contribution in [2.45, 2.75) is 0 Å². The lowest BCUT2D eigenvalue weighted by atomic mass is 10.5. The zero-order valence-electron chi connectivity index (χ0n) is 7.40. The Morgan fingerprint density at radius 1 is 1.43 bits per heavy atom. The predicted octanol–water partition coefficient (Wildman–Crippen LogP) is -0.727. The number of H-pyrrole nitrogens is 1. The van der Waals surface area contributed by atoms with Gasteiger partial charge >= 0.3 is 0 Å². The molecule has 0 aliphatic rings. The highest BCUT2D eigenvalue weighted by Crippen LogP contribution is 2.19. The molecular weight excluding hydrogens is 184 g/mol. The first-order valence-electron chi connectivity index (χ1n) is 4.10. The molecule has 74 valence electrons. The fourth-order valence-electron chi connectivity index (χ4n) is 1.08. The van der Waals surface area contributed by atoms with E-state index in [-0.39, 0.29) is 5.95 Å². The van der Waals surface area contributed by atoms with E-state index in [4.69, 9.17) is 16.2 Å². The van der Waals surface area contributed by atoms with Gasteiger partial charge in [0.2, 0.25) is 11.8 Å². The number of nitrogens with two attached hydrogens (primary N) is 2. The van der Waals surface area contributed by atoms with Crippen LogP contribution in [0, 0.1) is 0 Å². The highest BCUT2D eigenvalue weighted by Gasteiger charge is 2.08. The Kier molecular flexibility index (Phi) is 2.15. The summed E-state index contributed by atoms with van der Waals surface area (Å²) in [6.07, 6.45) is 1.51. The Morgan fingerprint density at radius 2 is 2.29 bits per heavy atom. The van der Waals surface area contributed by atoms with Gasteiger partial charge < -0.3 is 21.2 Å². The molecule has 0 saturated carbocycles. The van der Waals surface area contributed by atoms with E-state index in [0.29, 0.717) is 30.2 Å². The lowest BCUT2D eigenvalue weighted by Gasteiger charge is -2.03. The standard InChI is InChI=1S/C7H10N6O/c8-1-2-14-6-4-5(11-3-10-4)12-7(9)13-6/h3H,1-2,8H2,(H3,9,10,11,12,13). The number of nitrogens with one attached hydrogen (secondary N) is 1. The average molecular weight is 194 g/mol. The van der Waals surface area contributed by atoms with Gasteiger partial charge in [0.1, 0.15) is 12.1 Å². The molecule has 0 atom stereocenters. The first-order valence-corrected chi connectivity index (χ1v) is 4.10. The van der Waals surface area contributed by atoms with Gasteiger partial charge in [-0.05, 0) is 0 Å². The van der Waals surface area contributed by atoms with Gasteiger partial charge in [-0.3, -0.25) is 0 Å². The van der Waals surface area contributed by atoms with Crippen molar-refractivity contribution < 1.29 is 4.74 Å². The van der Waals surface area contributed by atoms with Crippen LogP contribution >= 0.6 is 0 Å². The number of fused-ring (bicyclic) bond motifs is 1. The number of hydrogen-bond acceptors (Lipinski definition) is 6. The van der Waals surface area contributed by atoms with E-state index in [1.54, 1.807) is 0 Å². The summed E-state index contributed by atoms with van der Waals surface area (Å²) in [5.74, 6) is 0.520. The van der Waals surface area contributed by atoms with Crippen LogP contribution in [0.2, 0.25) is 0 Å². The predicted molar refractivity (Wildman–Crippen MR) is 50.6 cm³/mol. The van der Waals surface area contributed by atoms with Gasteiger partial charge in [0.15, 0.2) is 5.65 Å². The number of anilines is 1. The quantitative estimate of drug-likeness (QED) is 0.593. The molecule has 0 unspecified atom stereocenters. The summed E-state index contributed by atoms with van der Waals surface area (Å²) in [5.41, 5.74) is 11.9. The molecule has 0 aliphatic heterocycles. The smallest absolute Gasteiger partial charge is 0.245 e. The Labute approximate surface area is 79.5 Å². The van der Waals surface area contributed by atoms with Crippen molar-refractivity contribution in [1.82, 2.24) is 19.9 Å². The topological polar surface area (TPSA) is 116 Å². The van der Waals surface area contributed by atoms with E-state index in [9.17, 15) is 0 Å². The molecule has 5 N–H and O–H groups in total. The lowest BCUT2D eigenvalue weighted by Crippen LogP contribution is -2.12. The molecular formula is C7H10N6O. The SMILES string of the molecule is NCCOc1nc(N)nc2nc[nH]c12. The number of nitrogens with zero attached hydrogens (tertiary/aromatic N) is 3. The van der Waals surface area contributed by atoms with Gasteiger partial charge in [-0.15, -0.1) is 0 Å². The monoisotopic (exact) mass is 194 g/mol. The average Bonchev–Trinajstić information content (AvgIpc) is 2.61. The summed E-state index contributed by atoms with van der Waals surface area (Å²) in [7, 11) is 0. The third-order valence-electron chi connectivity index (χ3n) is 1.63.